The van der Waals surface area contributed by atoms with Crippen LogP contribution < -0.4 is 4.74 Å². The van der Waals surface area contributed by atoms with Crippen LogP contribution in [0.2, 0.25) is 0 Å². The van der Waals surface area contributed by atoms with E-state index in [2.05, 4.69) is 15.0 Å². The third-order valence-electron chi connectivity index (χ3n) is 3.64. The van der Waals surface area contributed by atoms with Crippen molar-refractivity contribution in [2.24, 2.45) is 0 Å². The van der Waals surface area contributed by atoms with Gasteiger partial charge in [-0.25, -0.2) is 23.1 Å². The smallest absolute Gasteiger partial charge is 0.272 e. The first-order chi connectivity index (χ1) is 12.8. The number of hydrogen-bond donors (Lipinski definition) is 0. The second kappa shape index (κ2) is 7.53. The summed E-state index contributed by atoms with van der Waals surface area (Å²) in [6, 6.07) is 6.15. The minimum Gasteiger partial charge on any atom is -0.454 e. The summed E-state index contributed by atoms with van der Waals surface area (Å²) in [5, 5.41) is 0. The second-order valence-corrected chi connectivity index (χ2v) is 5.88. The van der Waals surface area contributed by atoms with Crippen molar-refractivity contribution >= 4 is 5.78 Å². The van der Waals surface area contributed by atoms with Gasteiger partial charge in [-0.1, -0.05) is 0 Å². The van der Waals surface area contributed by atoms with Crippen LogP contribution in [0.1, 0.15) is 28.5 Å². The van der Waals surface area contributed by atoms with Gasteiger partial charge in [0.15, 0.2) is 11.5 Å². The minimum atomic E-state index is -3.01. The number of rotatable bonds is 6. The normalized spacial score (nSPS) is 11.3. The number of nitrogens with zero attached hydrogens (tertiary/aromatic N) is 3. The highest BCUT2D eigenvalue weighted by atomic mass is 19.3. The Bertz CT molecular complexity index is 943. The van der Waals surface area contributed by atoms with Gasteiger partial charge in [-0.15, -0.1) is 0 Å². The zero-order valence-electron chi connectivity index (χ0n) is 14.2. The molecule has 3 aromatic rings. The molecule has 0 spiro atoms. The molecule has 2 heterocycles. The molecule has 8 heteroatoms. The van der Waals surface area contributed by atoms with E-state index < -0.39 is 17.5 Å². The molecule has 0 atom stereocenters. The van der Waals surface area contributed by atoms with Crippen molar-refractivity contribution in [1.29, 1.82) is 0 Å². The van der Waals surface area contributed by atoms with E-state index in [1.54, 1.807) is 0 Å². The summed E-state index contributed by atoms with van der Waals surface area (Å²) in [4.78, 5) is 23.9. The fourth-order valence-electron chi connectivity index (χ4n) is 2.31. The van der Waals surface area contributed by atoms with Crippen LogP contribution in [0.15, 0.2) is 55.2 Å². The van der Waals surface area contributed by atoms with Gasteiger partial charge in [0.25, 0.3) is 5.92 Å². The zero-order valence-corrected chi connectivity index (χ0v) is 14.2. The van der Waals surface area contributed by atoms with Crippen LogP contribution in [-0.4, -0.2) is 20.7 Å². The molecule has 0 saturated carbocycles. The van der Waals surface area contributed by atoms with Gasteiger partial charge in [0.2, 0.25) is 0 Å². The monoisotopic (exact) mass is 373 g/mol. The van der Waals surface area contributed by atoms with Gasteiger partial charge in [0.05, 0.1) is 18.8 Å². The lowest BCUT2D eigenvalue weighted by atomic mass is 10.0. The maximum atomic E-state index is 13.9. The van der Waals surface area contributed by atoms with Crippen LogP contribution in [0.4, 0.5) is 13.2 Å². The van der Waals surface area contributed by atoms with Gasteiger partial charge in [-0.2, -0.15) is 0 Å². The number of carbonyl (C=O) groups is 1. The lowest BCUT2D eigenvalue weighted by molar-refractivity contribution is 0.0171. The van der Waals surface area contributed by atoms with Crippen molar-refractivity contribution in [2.75, 3.05) is 0 Å². The number of aromatic nitrogens is 3. The molecule has 0 saturated heterocycles. The average Bonchev–Trinajstić information content (AvgIpc) is 2.62. The topological polar surface area (TPSA) is 65.0 Å². The van der Waals surface area contributed by atoms with Crippen molar-refractivity contribution in [2.45, 2.75) is 19.3 Å². The zero-order chi connectivity index (χ0) is 19.4. The first-order valence-electron chi connectivity index (χ1n) is 7.91. The Morgan fingerprint density at radius 1 is 1.07 bits per heavy atom. The Morgan fingerprint density at radius 3 is 2.44 bits per heavy atom. The number of hydrogen-bond acceptors (Lipinski definition) is 5. The molecule has 138 valence electrons. The molecule has 0 aliphatic heterocycles. The number of ketones is 1. The SMILES string of the molecule is CC(F)(F)c1ccc(CC(=O)c2cc(F)cc(Oc3cncnc3)c2)nc1. The molecule has 5 nitrogen and oxygen atoms in total. The number of halogens is 3. The summed E-state index contributed by atoms with van der Waals surface area (Å²) in [6.07, 6.45) is 4.98. The molecule has 2 aromatic heterocycles. The third kappa shape index (κ3) is 4.87. The van der Waals surface area contributed by atoms with E-state index in [0.717, 1.165) is 25.3 Å². The minimum absolute atomic E-state index is 0.0774. The van der Waals surface area contributed by atoms with Gasteiger partial charge >= 0.3 is 0 Å². The van der Waals surface area contributed by atoms with Crippen molar-refractivity contribution in [3.8, 4) is 11.5 Å². The molecule has 0 unspecified atom stereocenters. The van der Waals surface area contributed by atoms with Crippen molar-refractivity contribution in [3.63, 3.8) is 0 Å². The maximum Gasteiger partial charge on any atom is 0.272 e. The number of alkyl halides is 2. The quantitative estimate of drug-likeness (QED) is 0.602. The maximum absolute atomic E-state index is 13.9. The number of carbonyl (C=O) groups excluding carboxylic acids is 1. The Morgan fingerprint density at radius 2 is 1.81 bits per heavy atom. The van der Waals surface area contributed by atoms with Crippen LogP contribution in [0.3, 0.4) is 0 Å². The first-order valence-corrected chi connectivity index (χ1v) is 7.91. The molecule has 0 aliphatic rings. The number of ether oxygens (including phenoxy) is 1. The van der Waals surface area contributed by atoms with Crippen LogP contribution in [-0.2, 0) is 12.3 Å². The van der Waals surface area contributed by atoms with Gasteiger partial charge in [-0.3, -0.25) is 9.78 Å². The highest BCUT2D eigenvalue weighted by Crippen LogP contribution is 2.26. The van der Waals surface area contributed by atoms with E-state index in [1.165, 1.54) is 36.9 Å². The molecule has 0 fully saturated rings. The fraction of sp³-hybridized carbons (Fsp3) is 0.158. The summed E-state index contributed by atoms with van der Waals surface area (Å²) in [6.45, 7) is 0.765. The summed E-state index contributed by atoms with van der Waals surface area (Å²) in [5.41, 5.74) is 0.134. The molecule has 0 aliphatic carbocycles. The third-order valence-corrected chi connectivity index (χ3v) is 3.64. The van der Waals surface area contributed by atoms with Crippen LogP contribution in [0.25, 0.3) is 0 Å². The first kappa shape index (κ1) is 18.5. The van der Waals surface area contributed by atoms with Gasteiger partial charge in [0, 0.05) is 36.0 Å². The van der Waals surface area contributed by atoms with E-state index in [-0.39, 0.29) is 23.3 Å². The second-order valence-electron chi connectivity index (χ2n) is 5.88. The van der Waals surface area contributed by atoms with E-state index in [1.807, 2.05) is 0 Å². The molecule has 0 amide bonds. The standard InChI is InChI=1S/C19H14F3N3O2/c1-19(21,22)13-2-3-15(25-8-13)7-18(26)12-4-14(20)6-16(5-12)27-17-9-23-11-24-10-17/h2-6,8-11H,7H2,1H3. The molecule has 27 heavy (non-hydrogen) atoms. The van der Waals surface area contributed by atoms with E-state index in [0.29, 0.717) is 11.4 Å². The summed E-state index contributed by atoms with van der Waals surface area (Å²) >= 11 is 0. The van der Waals surface area contributed by atoms with E-state index >= 15 is 0 Å². The predicted molar refractivity (Wildman–Crippen MR) is 90.3 cm³/mol. The molecule has 0 radical (unpaired) electrons. The van der Waals surface area contributed by atoms with E-state index in [9.17, 15) is 18.0 Å². The largest absolute Gasteiger partial charge is 0.454 e. The average molecular weight is 373 g/mol. The van der Waals surface area contributed by atoms with Gasteiger partial charge in [-0.05, 0) is 24.3 Å². The van der Waals surface area contributed by atoms with Crippen molar-refractivity contribution in [1.82, 2.24) is 15.0 Å². The molecular formula is C19H14F3N3O2. The number of pyridine rings is 1. The summed E-state index contributed by atoms with van der Waals surface area (Å²) in [5.74, 6) is -3.68. The van der Waals surface area contributed by atoms with Crippen molar-refractivity contribution < 1.29 is 22.7 Å². The molecule has 3 rings (SSSR count). The Kier molecular flexibility index (Phi) is 5.16. The lowest BCUT2D eigenvalue weighted by Gasteiger charge is -2.10. The number of Topliss-reactive ketones (excluding diaryl/α,β-unsaturated/α-hetero) is 1. The lowest BCUT2D eigenvalue weighted by Crippen LogP contribution is -2.10. The Balaban J connectivity index is 1.76. The highest BCUT2D eigenvalue weighted by molar-refractivity contribution is 5.97. The summed E-state index contributed by atoms with van der Waals surface area (Å²) < 4.78 is 45.7. The van der Waals surface area contributed by atoms with Crippen LogP contribution in [0, 0.1) is 5.82 Å². The Labute approximate surface area is 152 Å². The fourth-order valence-corrected chi connectivity index (χ4v) is 2.31. The number of benzene rings is 1. The van der Waals surface area contributed by atoms with Gasteiger partial charge < -0.3 is 4.74 Å². The van der Waals surface area contributed by atoms with E-state index in [4.69, 9.17) is 4.74 Å². The molecule has 1 aromatic carbocycles. The van der Waals surface area contributed by atoms with Crippen LogP contribution in [0.5, 0.6) is 11.5 Å². The molecule has 0 bridgehead atoms. The molecular weight excluding hydrogens is 359 g/mol. The Hall–Kier alpha value is -3.29. The summed E-state index contributed by atoms with van der Waals surface area (Å²) in [7, 11) is 0. The van der Waals surface area contributed by atoms with Gasteiger partial charge in [0.1, 0.15) is 17.9 Å². The predicted octanol–water partition coefficient (Wildman–Crippen LogP) is 4.34. The van der Waals surface area contributed by atoms with Crippen LogP contribution >= 0.6 is 0 Å². The highest BCUT2D eigenvalue weighted by Gasteiger charge is 2.24. The van der Waals surface area contributed by atoms with Crippen molar-refractivity contribution in [3.05, 3.63) is 77.9 Å². The molecule has 0 N–H and O–H groups in total.